The normalized spacial score (nSPS) is 12.1. The van der Waals surface area contributed by atoms with E-state index in [0.717, 1.165) is 22.6 Å². The number of hydrogen-bond donors (Lipinski definition) is 2. The molecular formula is C23H22N2O4. The molecule has 2 amide bonds. The van der Waals surface area contributed by atoms with Gasteiger partial charge in [0.15, 0.2) is 11.5 Å². The number of benzene rings is 3. The van der Waals surface area contributed by atoms with E-state index < -0.39 is 0 Å². The number of nitrogens with one attached hydrogen (secondary N) is 2. The van der Waals surface area contributed by atoms with Gasteiger partial charge in [0.1, 0.15) is 24.7 Å². The van der Waals surface area contributed by atoms with Crippen LogP contribution in [0.25, 0.3) is 0 Å². The number of carbonyl (C=O) groups excluding carboxylic acids is 1. The summed E-state index contributed by atoms with van der Waals surface area (Å²) in [5, 5.41) is 5.73. The molecule has 0 bridgehead atoms. The van der Waals surface area contributed by atoms with Crippen LogP contribution in [-0.2, 0) is 13.1 Å². The first kappa shape index (κ1) is 18.7. The summed E-state index contributed by atoms with van der Waals surface area (Å²) in [5.41, 5.74) is 1.84. The van der Waals surface area contributed by atoms with Crippen LogP contribution in [0.3, 0.4) is 0 Å². The second kappa shape index (κ2) is 9.01. The number of carbonyl (C=O) groups is 1. The van der Waals surface area contributed by atoms with Crippen LogP contribution in [-0.4, -0.2) is 19.2 Å². The molecule has 1 aliphatic heterocycles. The molecule has 0 spiro atoms. The number of para-hydroxylation sites is 2. The molecule has 6 heteroatoms. The third-order valence-electron chi connectivity index (χ3n) is 4.44. The summed E-state index contributed by atoms with van der Waals surface area (Å²) in [4.78, 5) is 12.2. The molecule has 2 N–H and O–H groups in total. The van der Waals surface area contributed by atoms with Crippen LogP contribution in [0.1, 0.15) is 11.1 Å². The zero-order chi connectivity index (χ0) is 19.9. The van der Waals surface area contributed by atoms with Crippen molar-refractivity contribution in [1.82, 2.24) is 10.6 Å². The molecule has 3 aromatic rings. The van der Waals surface area contributed by atoms with Crippen LogP contribution in [0.2, 0.25) is 0 Å². The maximum atomic E-state index is 12.2. The maximum Gasteiger partial charge on any atom is 0.315 e. The van der Waals surface area contributed by atoms with Crippen LogP contribution in [0.4, 0.5) is 4.79 Å². The van der Waals surface area contributed by atoms with Gasteiger partial charge in [-0.1, -0.05) is 42.5 Å². The Morgan fingerprint density at radius 1 is 0.828 bits per heavy atom. The molecule has 0 saturated heterocycles. The van der Waals surface area contributed by atoms with Crippen LogP contribution in [0, 0.1) is 0 Å². The second-order valence-electron chi connectivity index (χ2n) is 6.54. The van der Waals surface area contributed by atoms with E-state index in [9.17, 15) is 4.79 Å². The monoisotopic (exact) mass is 390 g/mol. The highest BCUT2D eigenvalue weighted by Crippen LogP contribution is 2.30. The van der Waals surface area contributed by atoms with Gasteiger partial charge in [0.25, 0.3) is 0 Å². The average Bonchev–Trinajstić information content (AvgIpc) is 2.77. The highest BCUT2D eigenvalue weighted by molar-refractivity contribution is 5.74. The molecule has 1 heterocycles. The molecular weight excluding hydrogens is 368 g/mol. The van der Waals surface area contributed by atoms with Crippen molar-refractivity contribution < 1.29 is 19.0 Å². The van der Waals surface area contributed by atoms with Gasteiger partial charge in [-0.05, 0) is 35.9 Å². The predicted octanol–water partition coefficient (Wildman–Crippen LogP) is 4.25. The minimum atomic E-state index is -0.255. The molecule has 4 rings (SSSR count). The largest absolute Gasteiger partial charge is 0.486 e. The lowest BCUT2D eigenvalue weighted by molar-refractivity contribution is 0.171. The lowest BCUT2D eigenvalue weighted by Crippen LogP contribution is -2.34. The zero-order valence-corrected chi connectivity index (χ0v) is 15.9. The van der Waals surface area contributed by atoms with Gasteiger partial charge in [-0.25, -0.2) is 4.79 Å². The number of urea groups is 1. The molecule has 0 radical (unpaired) electrons. The van der Waals surface area contributed by atoms with E-state index in [-0.39, 0.29) is 6.03 Å². The summed E-state index contributed by atoms with van der Waals surface area (Å²) in [7, 11) is 0. The molecule has 3 aromatic carbocycles. The Balaban J connectivity index is 1.31. The molecule has 0 aliphatic carbocycles. The summed E-state index contributed by atoms with van der Waals surface area (Å²) in [6, 6.07) is 22.6. The summed E-state index contributed by atoms with van der Waals surface area (Å²) >= 11 is 0. The van der Waals surface area contributed by atoms with Crippen LogP contribution < -0.4 is 24.8 Å². The van der Waals surface area contributed by atoms with Gasteiger partial charge in [0, 0.05) is 18.7 Å². The fourth-order valence-corrected chi connectivity index (χ4v) is 2.98. The Labute approximate surface area is 169 Å². The van der Waals surface area contributed by atoms with E-state index in [1.807, 2.05) is 72.8 Å². The molecule has 29 heavy (non-hydrogen) atoms. The Morgan fingerprint density at radius 2 is 1.55 bits per heavy atom. The molecule has 148 valence electrons. The molecule has 1 aliphatic rings. The third-order valence-corrected chi connectivity index (χ3v) is 4.44. The van der Waals surface area contributed by atoms with Crippen molar-refractivity contribution in [3.05, 3.63) is 83.9 Å². The van der Waals surface area contributed by atoms with Crippen LogP contribution >= 0.6 is 0 Å². The smallest absolute Gasteiger partial charge is 0.315 e. The van der Waals surface area contributed by atoms with Gasteiger partial charge in [-0.2, -0.15) is 0 Å². The lowest BCUT2D eigenvalue weighted by Gasteiger charge is -2.19. The number of hydrogen-bond acceptors (Lipinski definition) is 4. The summed E-state index contributed by atoms with van der Waals surface area (Å²) in [6.07, 6.45) is 0. The van der Waals surface area contributed by atoms with Crippen molar-refractivity contribution in [2.24, 2.45) is 0 Å². The Kier molecular flexibility index (Phi) is 5.81. The number of ether oxygens (including phenoxy) is 3. The molecule has 0 unspecified atom stereocenters. The van der Waals surface area contributed by atoms with Gasteiger partial charge < -0.3 is 24.8 Å². The van der Waals surface area contributed by atoms with Crippen molar-refractivity contribution in [3.63, 3.8) is 0 Å². The first-order valence-electron chi connectivity index (χ1n) is 9.49. The molecule has 6 nitrogen and oxygen atoms in total. The van der Waals surface area contributed by atoms with Gasteiger partial charge in [0.05, 0.1) is 0 Å². The molecule has 0 fully saturated rings. The summed E-state index contributed by atoms with van der Waals surface area (Å²) < 4.78 is 17.0. The zero-order valence-electron chi connectivity index (χ0n) is 15.9. The quantitative estimate of drug-likeness (QED) is 0.660. The van der Waals surface area contributed by atoms with Crippen LogP contribution in [0.5, 0.6) is 23.0 Å². The maximum absolute atomic E-state index is 12.2. The minimum absolute atomic E-state index is 0.255. The third kappa shape index (κ3) is 4.99. The number of fused-ring (bicyclic) bond motifs is 1. The van der Waals surface area contributed by atoms with Crippen molar-refractivity contribution in [2.75, 3.05) is 13.2 Å². The first-order valence-corrected chi connectivity index (χ1v) is 9.49. The average molecular weight is 390 g/mol. The van der Waals surface area contributed by atoms with Gasteiger partial charge >= 0.3 is 6.03 Å². The van der Waals surface area contributed by atoms with E-state index >= 15 is 0 Å². The molecule has 0 saturated carbocycles. The Morgan fingerprint density at radius 3 is 2.41 bits per heavy atom. The fourth-order valence-electron chi connectivity index (χ4n) is 2.98. The predicted molar refractivity (Wildman–Crippen MR) is 109 cm³/mol. The summed E-state index contributed by atoms with van der Waals surface area (Å²) in [6.45, 7) is 1.85. The van der Waals surface area contributed by atoms with Gasteiger partial charge in [-0.15, -0.1) is 0 Å². The van der Waals surface area contributed by atoms with Gasteiger partial charge in [0.2, 0.25) is 0 Å². The van der Waals surface area contributed by atoms with E-state index in [4.69, 9.17) is 14.2 Å². The highest BCUT2D eigenvalue weighted by atomic mass is 16.6. The van der Waals surface area contributed by atoms with Crippen molar-refractivity contribution >= 4 is 6.03 Å². The van der Waals surface area contributed by atoms with Crippen LogP contribution in [0.15, 0.2) is 72.8 Å². The van der Waals surface area contributed by atoms with E-state index in [1.54, 1.807) is 0 Å². The van der Waals surface area contributed by atoms with Crippen molar-refractivity contribution in [1.29, 1.82) is 0 Å². The van der Waals surface area contributed by atoms with Crippen molar-refractivity contribution in [2.45, 2.75) is 13.1 Å². The fraction of sp³-hybridized carbons (Fsp3) is 0.174. The van der Waals surface area contributed by atoms with Crippen molar-refractivity contribution in [3.8, 4) is 23.0 Å². The standard InChI is InChI=1S/C23H22N2O4/c26-23(24-15-17-10-11-21-22(14-17)28-13-12-27-21)25-16-18-6-4-5-9-20(18)29-19-7-2-1-3-8-19/h1-11,14H,12-13,15-16H2,(H2,24,25,26). The van der Waals surface area contributed by atoms with E-state index in [2.05, 4.69) is 10.6 Å². The first-order chi connectivity index (χ1) is 14.3. The Bertz CT molecular complexity index is 976. The lowest BCUT2D eigenvalue weighted by atomic mass is 10.2. The number of rotatable bonds is 6. The Hall–Kier alpha value is -3.67. The van der Waals surface area contributed by atoms with Gasteiger partial charge in [-0.3, -0.25) is 0 Å². The van der Waals surface area contributed by atoms with E-state index in [0.29, 0.717) is 37.8 Å². The minimum Gasteiger partial charge on any atom is -0.486 e. The molecule has 0 aromatic heterocycles. The summed E-state index contributed by atoms with van der Waals surface area (Å²) in [5.74, 6) is 2.91. The SMILES string of the molecule is O=C(NCc1ccc2c(c1)OCCO2)NCc1ccccc1Oc1ccccc1. The molecule has 0 atom stereocenters. The van der Waals surface area contributed by atoms with E-state index in [1.165, 1.54) is 0 Å². The highest BCUT2D eigenvalue weighted by Gasteiger charge is 2.12. The topological polar surface area (TPSA) is 68.8 Å². The second-order valence-corrected chi connectivity index (χ2v) is 6.54. The number of amides is 2.